The highest BCUT2D eigenvalue weighted by Gasteiger charge is 2.21. The molecule has 0 saturated carbocycles. The molecule has 1 heterocycles. The van der Waals surface area contributed by atoms with Crippen molar-refractivity contribution in [1.29, 1.82) is 0 Å². The highest BCUT2D eigenvalue weighted by atomic mass is 35.5. The van der Waals surface area contributed by atoms with Gasteiger partial charge in [-0.05, 0) is 32.4 Å². The van der Waals surface area contributed by atoms with Gasteiger partial charge in [0.1, 0.15) is 0 Å². The van der Waals surface area contributed by atoms with Crippen LogP contribution in [0.5, 0.6) is 0 Å². The van der Waals surface area contributed by atoms with Crippen LogP contribution in [0.2, 0.25) is 8.67 Å². The number of thiophene rings is 1. The van der Waals surface area contributed by atoms with E-state index >= 15 is 0 Å². The van der Waals surface area contributed by atoms with E-state index < -0.39 is 0 Å². The number of hydrogen-bond donors (Lipinski definition) is 1. The number of amides is 1. The Morgan fingerprint density at radius 2 is 2.11 bits per heavy atom. The molecule has 1 N–H and O–H groups in total. The van der Waals surface area contributed by atoms with Crippen LogP contribution >= 0.6 is 34.5 Å². The molecule has 6 heteroatoms. The summed E-state index contributed by atoms with van der Waals surface area (Å²) in [4.78, 5) is 13.6. The van der Waals surface area contributed by atoms with Crippen LogP contribution in [-0.4, -0.2) is 30.4 Å². The summed E-state index contributed by atoms with van der Waals surface area (Å²) in [5, 5.41) is 3.24. The third-order valence-electron chi connectivity index (χ3n) is 2.87. The first-order valence-electron chi connectivity index (χ1n) is 5.82. The molecular weight excluding hydrogens is 291 g/mol. The number of halogens is 2. The fraction of sp³-hybridized carbons (Fsp3) is 0.583. The molecular formula is C12H18Cl2N2OS. The number of rotatable bonds is 5. The molecule has 1 aromatic heterocycles. The standard InChI is InChI=1S/C12H18Cl2N2OS/c1-5-16(4)12(17)8(3)15-7(2)9-6-10(13)18-11(9)14/h6-8,15H,5H2,1-4H3. The molecule has 0 aliphatic rings. The molecule has 0 aliphatic heterocycles. The molecule has 0 radical (unpaired) electrons. The van der Waals surface area contributed by atoms with Crippen LogP contribution < -0.4 is 5.32 Å². The monoisotopic (exact) mass is 308 g/mol. The molecule has 1 amide bonds. The van der Waals surface area contributed by atoms with Crippen molar-refractivity contribution in [3.8, 4) is 0 Å². The SMILES string of the molecule is CCN(C)C(=O)C(C)NC(C)c1cc(Cl)sc1Cl. The van der Waals surface area contributed by atoms with Crippen LogP contribution in [0.15, 0.2) is 6.07 Å². The summed E-state index contributed by atoms with van der Waals surface area (Å²) in [7, 11) is 1.79. The Morgan fingerprint density at radius 3 is 2.56 bits per heavy atom. The van der Waals surface area contributed by atoms with Crippen molar-refractivity contribution in [2.75, 3.05) is 13.6 Å². The van der Waals surface area contributed by atoms with E-state index in [4.69, 9.17) is 23.2 Å². The summed E-state index contributed by atoms with van der Waals surface area (Å²) >= 11 is 13.3. The fourth-order valence-electron chi connectivity index (χ4n) is 1.67. The van der Waals surface area contributed by atoms with Crippen molar-refractivity contribution in [2.24, 2.45) is 0 Å². The minimum absolute atomic E-state index is 0.00884. The zero-order chi connectivity index (χ0) is 13.9. The van der Waals surface area contributed by atoms with Crippen molar-refractivity contribution >= 4 is 40.4 Å². The van der Waals surface area contributed by atoms with Gasteiger partial charge in [0.15, 0.2) is 0 Å². The maximum absolute atomic E-state index is 11.9. The molecule has 3 nitrogen and oxygen atoms in total. The van der Waals surface area contributed by atoms with Gasteiger partial charge in [-0.1, -0.05) is 23.2 Å². The van der Waals surface area contributed by atoms with Crippen LogP contribution in [0.25, 0.3) is 0 Å². The van der Waals surface area contributed by atoms with E-state index in [1.807, 2.05) is 26.8 Å². The van der Waals surface area contributed by atoms with E-state index in [-0.39, 0.29) is 18.0 Å². The Labute approximate surface area is 122 Å². The lowest BCUT2D eigenvalue weighted by Crippen LogP contribution is -2.43. The van der Waals surface area contributed by atoms with E-state index in [1.54, 1.807) is 11.9 Å². The maximum Gasteiger partial charge on any atom is 0.239 e. The molecule has 2 unspecified atom stereocenters. The molecule has 2 atom stereocenters. The van der Waals surface area contributed by atoms with E-state index in [0.29, 0.717) is 15.2 Å². The van der Waals surface area contributed by atoms with Gasteiger partial charge in [0.2, 0.25) is 5.91 Å². The van der Waals surface area contributed by atoms with E-state index in [1.165, 1.54) is 11.3 Å². The minimum Gasteiger partial charge on any atom is -0.345 e. The fourth-order valence-corrected chi connectivity index (χ4v) is 3.32. The van der Waals surface area contributed by atoms with E-state index in [2.05, 4.69) is 5.32 Å². The Bertz CT molecular complexity index is 422. The highest BCUT2D eigenvalue weighted by Crippen LogP contribution is 2.34. The van der Waals surface area contributed by atoms with Crippen molar-refractivity contribution in [1.82, 2.24) is 10.2 Å². The van der Waals surface area contributed by atoms with Crippen LogP contribution in [0.3, 0.4) is 0 Å². The Kier molecular flexibility index (Phi) is 5.92. The van der Waals surface area contributed by atoms with Crippen LogP contribution in [-0.2, 0) is 4.79 Å². The molecule has 0 aliphatic carbocycles. The topological polar surface area (TPSA) is 32.3 Å². The molecule has 102 valence electrons. The van der Waals surface area contributed by atoms with Crippen molar-refractivity contribution < 1.29 is 4.79 Å². The molecule has 0 saturated heterocycles. The number of nitrogens with one attached hydrogen (secondary N) is 1. The summed E-state index contributed by atoms with van der Waals surface area (Å²) in [6, 6.07) is 1.58. The van der Waals surface area contributed by atoms with Gasteiger partial charge in [-0.2, -0.15) is 0 Å². The van der Waals surface area contributed by atoms with Gasteiger partial charge in [0, 0.05) is 19.6 Å². The Morgan fingerprint density at radius 1 is 1.50 bits per heavy atom. The van der Waals surface area contributed by atoms with E-state index in [0.717, 1.165) is 5.56 Å². The Hall–Kier alpha value is -0.290. The molecule has 1 rings (SSSR count). The first kappa shape index (κ1) is 15.8. The van der Waals surface area contributed by atoms with E-state index in [9.17, 15) is 4.79 Å². The number of hydrogen-bond acceptors (Lipinski definition) is 3. The summed E-state index contributed by atoms with van der Waals surface area (Å²) in [5.41, 5.74) is 0.936. The van der Waals surface area contributed by atoms with Gasteiger partial charge in [-0.25, -0.2) is 0 Å². The molecule has 1 aromatic rings. The van der Waals surface area contributed by atoms with Gasteiger partial charge >= 0.3 is 0 Å². The minimum atomic E-state index is -0.250. The second-order valence-electron chi connectivity index (χ2n) is 4.24. The van der Waals surface area contributed by atoms with Gasteiger partial charge in [-0.15, -0.1) is 11.3 Å². The maximum atomic E-state index is 11.9. The lowest BCUT2D eigenvalue weighted by molar-refractivity contribution is -0.131. The summed E-state index contributed by atoms with van der Waals surface area (Å²) in [5.74, 6) is 0.0711. The lowest BCUT2D eigenvalue weighted by atomic mass is 10.1. The number of likely N-dealkylation sites (N-methyl/N-ethyl adjacent to an activating group) is 1. The summed E-state index contributed by atoms with van der Waals surface area (Å²) in [6.45, 7) is 6.47. The number of carbonyl (C=O) groups is 1. The number of nitrogens with zero attached hydrogens (tertiary/aromatic N) is 1. The van der Waals surface area contributed by atoms with Gasteiger partial charge in [-0.3, -0.25) is 10.1 Å². The zero-order valence-electron chi connectivity index (χ0n) is 11.0. The zero-order valence-corrected chi connectivity index (χ0v) is 13.3. The highest BCUT2D eigenvalue weighted by molar-refractivity contribution is 7.20. The quantitative estimate of drug-likeness (QED) is 0.902. The predicted octanol–water partition coefficient (Wildman–Crippen LogP) is 3.57. The smallest absolute Gasteiger partial charge is 0.239 e. The third kappa shape index (κ3) is 3.85. The average molecular weight is 309 g/mol. The van der Waals surface area contributed by atoms with Crippen molar-refractivity contribution in [3.05, 3.63) is 20.3 Å². The van der Waals surface area contributed by atoms with Crippen LogP contribution in [0, 0.1) is 0 Å². The largest absolute Gasteiger partial charge is 0.345 e. The van der Waals surface area contributed by atoms with Crippen LogP contribution in [0.4, 0.5) is 0 Å². The average Bonchev–Trinajstić information content (AvgIpc) is 2.66. The second kappa shape index (κ2) is 6.75. The van der Waals surface area contributed by atoms with Gasteiger partial charge < -0.3 is 4.90 Å². The van der Waals surface area contributed by atoms with Gasteiger partial charge in [0.25, 0.3) is 0 Å². The van der Waals surface area contributed by atoms with Crippen molar-refractivity contribution in [3.63, 3.8) is 0 Å². The first-order chi connectivity index (χ1) is 8.36. The first-order valence-corrected chi connectivity index (χ1v) is 7.39. The van der Waals surface area contributed by atoms with Gasteiger partial charge in [0.05, 0.1) is 14.7 Å². The lowest BCUT2D eigenvalue weighted by Gasteiger charge is -2.23. The summed E-state index contributed by atoms with van der Waals surface area (Å²) in [6.07, 6.45) is 0. The summed E-state index contributed by atoms with van der Waals surface area (Å²) < 4.78 is 1.33. The third-order valence-corrected chi connectivity index (χ3v) is 4.39. The second-order valence-corrected chi connectivity index (χ2v) is 6.53. The normalized spacial score (nSPS) is 14.3. The Balaban J connectivity index is 2.67. The molecule has 0 bridgehead atoms. The molecule has 18 heavy (non-hydrogen) atoms. The molecule has 0 aromatic carbocycles. The molecule has 0 spiro atoms. The predicted molar refractivity (Wildman–Crippen MR) is 78.7 cm³/mol. The number of carbonyl (C=O) groups excluding carboxylic acids is 1. The molecule has 0 fully saturated rings. The van der Waals surface area contributed by atoms with Crippen molar-refractivity contribution in [2.45, 2.75) is 32.9 Å². The van der Waals surface area contributed by atoms with Crippen LogP contribution in [0.1, 0.15) is 32.4 Å².